The highest BCUT2D eigenvalue weighted by atomic mass is 16.5. The minimum Gasteiger partial charge on any atom is -0.481 e. The molecule has 2 aromatic carbocycles. The van der Waals surface area contributed by atoms with Gasteiger partial charge in [-0.05, 0) is 23.3 Å². The second kappa shape index (κ2) is 11.2. The first-order chi connectivity index (χ1) is 13.5. The quantitative estimate of drug-likeness (QED) is 0.463. The summed E-state index contributed by atoms with van der Waals surface area (Å²) in [7, 11) is 0. The van der Waals surface area contributed by atoms with E-state index < -0.39 is 12.1 Å². The lowest BCUT2D eigenvalue weighted by Gasteiger charge is -2.10. The summed E-state index contributed by atoms with van der Waals surface area (Å²) in [4.78, 5) is 33.9. The fourth-order valence-electron chi connectivity index (χ4n) is 2.31. The number of amides is 2. The zero-order valence-electron chi connectivity index (χ0n) is 15.3. The van der Waals surface area contributed by atoms with E-state index in [1.165, 1.54) is 0 Å². The second-order valence-corrected chi connectivity index (χ2v) is 5.96. The number of anilines is 1. The van der Waals surface area contributed by atoms with Gasteiger partial charge in [-0.25, -0.2) is 4.79 Å². The molecular weight excluding hydrogens is 362 g/mol. The van der Waals surface area contributed by atoms with Crippen LogP contribution < -0.4 is 16.0 Å². The number of alkyl carbamates (subject to hydrolysis) is 1. The van der Waals surface area contributed by atoms with Crippen LogP contribution in [0.3, 0.4) is 0 Å². The van der Waals surface area contributed by atoms with Gasteiger partial charge in [-0.1, -0.05) is 42.5 Å². The normalized spacial score (nSPS) is 10.0. The third-order valence-electron chi connectivity index (χ3n) is 3.69. The largest absolute Gasteiger partial charge is 0.481 e. The molecule has 0 aliphatic carbocycles. The molecule has 0 spiro atoms. The van der Waals surface area contributed by atoms with Crippen molar-refractivity contribution in [1.29, 1.82) is 0 Å². The smallest absolute Gasteiger partial charge is 0.407 e. The molecule has 0 saturated heterocycles. The average Bonchev–Trinajstić information content (AvgIpc) is 2.69. The van der Waals surface area contributed by atoms with Crippen molar-refractivity contribution in [2.75, 3.05) is 25.0 Å². The molecule has 0 bridgehead atoms. The van der Waals surface area contributed by atoms with Crippen LogP contribution in [0.1, 0.15) is 11.1 Å². The molecule has 28 heavy (non-hydrogen) atoms. The van der Waals surface area contributed by atoms with Crippen LogP contribution in [-0.4, -0.2) is 42.7 Å². The number of nitrogens with one attached hydrogen (secondary N) is 3. The number of hydrogen-bond donors (Lipinski definition) is 4. The summed E-state index contributed by atoms with van der Waals surface area (Å²) in [5.41, 5.74) is 2.41. The third-order valence-corrected chi connectivity index (χ3v) is 3.69. The van der Waals surface area contributed by atoms with Gasteiger partial charge >= 0.3 is 12.1 Å². The summed E-state index contributed by atoms with van der Waals surface area (Å²) >= 11 is 0. The van der Waals surface area contributed by atoms with Gasteiger partial charge in [-0.3, -0.25) is 9.59 Å². The summed E-state index contributed by atoms with van der Waals surface area (Å²) in [5.74, 6) is -1.20. The summed E-state index contributed by atoms with van der Waals surface area (Å²) in [6.07, 6.45) is -0.671. The molecule has 148 valence electrons. The molecule has 0 aliphatic heterocycles. The monoisotopic (exact) mass is 385 g/mol. The zero-order chi connectivity index (χ0) is 20.2. The van der Waals surface area contributed by atoms with Crippen molar-refractivity contribution in [3.05, 3.63) is 65.7 Å². The fraction of sp³-hybridized carbons (Fsp3) is 0.250. The molecule has 2 aromatic rings. The first-order valence-electron chi connectivity index (χ1n) is 8.79. The van der Waals surface area contributed by atoms with Crippen LogP contribution in [0.25, 0.3) is 0 Å². The number of rotatable bonds is 10. The van der Waals surface area contributed by atoms with Crippen molar-refractivity contribution >= 4 is 23.7 Å². The molecule has 8 nitrogen and oxygen atoms in total. The van der Waals surface area contributed by atoms with Gasteiger partial charge in [0.15, 0.2) is 0 Å². The Kier molecular flexibility index (Phi) is 8.32. The number of ether oxygens (including phenoxy) is 1. The van der Waals surface area contributed by atoms with Gasteiger partial charge < -0.3 is 25.8 Å². The predicted octanol–water partition coefficient (Wildman–Crippen LogP) is 1.77. The topological polar surface area (TPSA) is 117 Å². The first kappa shape index (κ1) is 20.8. The molecule has 8 heteroatoms. The Morgan fingerprint density at radius 3 is 2.25 bits per heavy atom. The lowest BCUT2D eigenvalue weighted by Crippen LogP contribution is -2.38. The Morgan fingerprint density at radius 1 is 0.857 bits per heavy atom. The number of hydrogen-bond acceptors (Lipinski definition) is 5. The van der Waals surface area contributed by atoms with E-state index in [0.29, 0.717) is 13.1 Å². The van der Waals surface area contributed by atoms with E-state index in [1.807, 2.05) is 30.3 Å². The summed E-state index contributed by atoms with van der Waals surface area (Å²) in [6, 6.07) is 16.3. The standard InChI is InChI=1S/C20H23N3O5/c24-18(13-23-20(27)28-14-16-4-2-1-3-5-16)22-11-10-21-17-8-6-15(7-9-17)12-19(25)26/h1-9,21H,10-14H2,(H,22,24)(H,23,27)(H,25,26). The zero-order valence-corrected chi connectivity index (χ0v) is 15.3. The number of carboxylic acids is 1. The van der Waals surface area contributed by atoms with E-state index in [2.05, 4.69) is 16.0 Å². The molecule has 2 amide bonds. The molecule has 0 saturated carbocycles. The summed E-state index contributed by atoms with van der Waals surface area (Å²) in [5, 5.41) is 16.9. The first-order valence-corrected chi connectivity index (χ1v) is 8.79. The van der Waals surface area contributed by atoms with Crippen LogP contribution >= 0.6 is 0 Å². The molecule has 0 heterocycles. The molecule has 0 aliphatic rings. The summed E-state index contributed by atoms with van der Waals surface area (Å²) in [6.45, 7) is 0.833. The maximum atomic E-state index is 11.7. The van der Waals surface area contributed by atoms with E-state index in [4.69, 9.17) is 9.84 Å². The molecule has 0 aromatic heterocycles. The van der Waals surface area contributed by atoms with E-state index in [9.17, 15) is 14.4 Å². The molecule has 0 atom stereocenters. The van der Waals surface area contributed by atoms with Gasteiger partial charge in [0.2, 0.25) is 5.91 Å². The van der Waals surface area contributed by atoms with Crippen molar-refractivity contribution in [3.8, 4) is 0 Å². The molecule has 0 radical (unpaired) electrons. The van der Waals surface area contributed by atoms with E-state index >= 15 is 0 Å². The Hall–Kier alpha value is -3.55. The van der Waals surface area contributed by atoms with Crippen molar-refractivity contribution in [3.63, 3.8) is 0 Å². The van der Waals surface area contributed by atoms with Crippen LogP contribution in [0.15, 0.2) is 54.6 Å². The number of carbonyl (C=O) groups excluding carboxylic acids is 2. The van der Waals surface area contributed by atoms with Gasteiger partial charge in [-0.15, -0.1) is 0 Å². The van der Waals surface area contributed by atoms with Crippen molar-refractivity contribution in [2.45, 2.75) is 13.0 Å². The maximum absolute atomic E-state index is 11.7. The van der Waals surface area contributed by atoms with Crippen LogP contribution in [0, 0.1) is 0 Å². The third kappa shape index (κ3) is 8.22. The molecule has 0 fully saturated rings. The van der Waals surface area contributed by atoms with Crippen molar-refractivity contribution < 1.29 is 24.2 Å². The molecular formula is C20H23N3O5. The second-order valence-electron chi connectivity index (χ2n) is 5.96. The van der Waals surface area contributed by atoms with Crippen LogP contribution in [0.5, 0.6) is 0 Å². The van der Waals surface area contributed by atoms with Gasteiger partial charge in [0.25, 0.3) is 0 Å². The van der Waals surface area contributed by atoms with Crippen LogP contribution in [0.4, 0.5) is 10.5 Å². The van der Waals surface area contributed by atoms with Gasteiger partial charge in [0.1, 0.15) is 6.61 Å². The SMILES string of the molecule is O=C(O)Cc1ccc(NCCNC(=O)CNC(=O)OCc2ccccc2)cc1. The van der Waals surface area contributed by atoms with Crippen LogP contribution in [0.2, 0.25) is 0 Å². The highest BCUT2D eigenvalue weighted by Crippen LogP contribution is 2.09. The summed E-state index contributed by atoms with van der Waals surface area (Å²) < 4.78 is 5.02. The lowest BCUT2D eigenvalue weighted by molar-refractivity contribution is -0.136. The Morgan fingerprint density at radius 2 is 1.57 bits per heavy atom. The highest BCUT2D eigenvalue weighted by Gasteiger charge is 2.06. The van der Waals surface area contributed by atoms with Gasteiger partial charge in [0.05, 0.1) is 13.0 Å². The molecule has 0 unspecified atom stereocenters. The number of carboxylic acid groups (broad SMARTS) is 1. The van der Waals surface area contributed by atoms with Gasteiger partial charge in [0, 0.05) is 18.8 Å². The molecule has 4 N–H and O–H groups in total. The fourth-order valence-corrected chi connectivity index (χ4v) is 2.31. The number of aliphatic carboxylic acids is 1. The van der Waals surface area contributed by atoms with E-state index in [-0.39, 0.29) is 25.5 Å². The van der Waals surface area contributed by atoms with Crippen molar-refractivity contribution in [2.24, 2.45) is 0 Å². The van der Waals surface area contributed by atoms with E-state index in [1.54, 1.807) is 24.3 Å². The minimum absolute atomic E-state index is 0.0167. The maximum Gasteiger partial charge on any atom is 0.407 e. The predicted molar refractivity (Wildman–Crippen MR) is 104 cm³/mol. The lowest BCUT2D eigenvalue weighted by atomic mass is 10.1. The Balaban J connectivity index is 1.56. The van der Waals surface area contributed by atoms with Crippen molar-refractivity contribution in [1.82, 2.24) is 10.6 Å². The minimum atomic E-state index is -0.874. The number of benzene rings is 2. The van der Waals surface area contributed by atoms with Gasteiger partial charge in [-0.2, -0.15) is 0 Å². The molecule has 2 rings (SSSR count). The highest BCUT2D eigenvalue weighted by molar-refractivity contribution is 5.82. The number of carbonyl (C=O) groups is 3. The van der Waals surface area contributed by atoms with E-state index in [0.717, 1.165) is 16.8 Å². The Labute approximate surface area is 162 Å². The average molecular weight is 385 g/mol. The Bertz CT molecular complexity index is 778. The van der Waals surface area contributed by atoms with Crippen LogP contribution in [-0.2, 0) is 27.4 Å².